The molecular formula is C117H85N5. The van der Waals surface area contributed by atoms with Crippen molar-refractivity contribution < 1.29 is 0 Å². The van der Waals surface area contributed by atoms with Gasteiger partial charge in [0.2, 0.25) is 0 Å². The summed E-state index contributed by atoms with van der Waals surface area (Å²) in [4.78, 5) is 0. The highest BCUT2D eigenvalue weighted by Gasteiger charge is 2.39. The minimum absolute atomic E-state index is 0.0543. The summed E-state index contributed by atoms with van der Waals surface area (Å²) in [6, 6.07) is 149. The monoisotopic (exact) mass is 1560 g/mol. The van der Waals surface area contributed by atoms with Crippen LogP contribution in [0.2, 0.25) is 0 Å². The fourth-order valence-corrected chi connectivity index (χ4v) is 21.4. The third kappa shape index (κ3) is 10.6. The predicted octanol–water partition coefficient (Wildman–Crippen LogP) is 30.8. The van der Waals surface area contributed by atoms with Crippen LogP contribution in [0.25, 0.3) is 193 Å². The van der Waals surface area contributed by atoms with Crippen molar-refractivity contribution in [2.24, 2.45) is 0 Å². The van der Waals surface area contributed by atoms with Gasteiger partial charge in [-0.3, -0.25) is 0 Å². The first-order valence-corrected chi connectivity index (χ1v) is 42.8. The van der Waals surface area contributed by atoms with E-state index in [4.69, 9.17) is 0 Å². The molecule has 122 heavy (non-hydrogen) atoms. The third-order valence-electron chi connectivity index (χ3n) is 27.4. The number of aromatic nitrogens is 5. The second-order valence-corrected chi connectivity index (χ2v) is 35.1. The Morgan fingerprint density at radius 1 is 0.148 bits per heavy atom. The molecule has 18 aromatic carbocycles. The lowest BCUT2D eigenvalue weighted by Gasteiger charge is -2.34. The van der Waals surface area contributed by atoms with Crippen molar-refractivity contribution in [3.63, 3.8) is 0 Å². The maximum Gasteiger partial charge on any atom is 0.0582 e. The molecule has 0 radical (unpaired) electrons. The normalized spacial score (nSPS) is 13.7. The first-order valence-electron chi connectivity index (χ1n) is 42.8. The van der Waals surface area contributed by atoms with E-state index in [1.165, 1.54) is 226 Å². The highest BCUT2D eigenvalue weighted by atomic mass is 15.0. The van der Waals surface area contributed by atoms with E-state index in [-0.39, 0.29) is 16.2 Å². The third-order valence-corrected chi connectivity index (χ3v) is 27.4. The van der Waals surface area contributed by atoms with Gasteiger partial charge >= 0.3 is 0 Å². The van der Waals surface area contributed by atoms with Gasteiger partial charge in [-0.15, -0.1) is 0 Å². The van der Waals surface area contributed by atoms with E-state index in [9.17, 15) is 0 Å². The van der Waals surface area contributed by atoms with Crippen molar-refractivity contribution in [2.75, 3.05) is 0 Å². The van der Waals surface area contributed by atoms with E-state index in [1.807, 2.05) is 0 Å². The molecule has 0 atom stereocenters. The van der Waals surface area contributed by atoms with Crippen molar-refractivity contribution in [2.45, 2.75) is 57.8 Å². The van der Waals surface area contributed by atoms with Crippen LogP contribution in [0.3, 0.4) is 0 Å². The summed E-state index contributed by atoms with van der Waals surface area (Å²) in [6.45, 7) is 14.1. The minimum atomic E-state index is -0.0576. The molecule has 0 amide bonds. The zero-order valence-corrected chi connectivity index (χ0v) is 68.9. The lowest BCUT2D eigenvalue weighted by molar-refractivity contribution is 0.630. The average molecular weight is 1560 g/mol. The Kier molecular flexibility index (Phi) is 15.7. The van der Waals surface area contributed by atoms with Crippen LogP contribution in [-0.4, -0.2) is 22.8 Å². The number of rotatable bonds is 7. The number of fused-ring (bicyclic) bond motifs is 21. The van der Waals surface area contributed by atoms with E-state index in [1.54, 1.807) is 0 Å². The largest absolute Gasteiger partial charge is 0.309 e. The standard InChI is InChI=1S/2C39H28N2.C39H29N/c1-39(2)32-15-7-9-18-36(32)41-35-22-20-25(23-31(35)30-14-10-16-33(39)38(30)41)26-19-21-29-28-13-6-8-17-34(28)40(37(29)24-26)27-11-4-3-5-12-27;1-39(2)32-15-7-9-18-37(32)41-36-22-20-26(24-31(36)29-14-10-16-33(39)38(29)41)25-19-21-35-30(23-25)28-13-6-8-17-34(28)40(35)27-11-4-3-5-12-27;1-39(2)34-17-9-10-19-37(34)40-36-21-20-28(25-33(36)32-16-11-18-35(39)38(32)40)31-23-29(26-12-5-3-6-13-26)22-30(24-31)27-14-7-4-8-15-27/h2*3-24H,1-2H3;3-25H,1-2H3. The summed E-state index contributed by atoms with van der Waals surface area (Å²) in [6.07, 6.45) is 0. The van der Waals surface area contributed by atoms with Gasteiger partial charge < -0.3 is 22.8 Å². The fourth-order valence-electron chi connectivity index (χ4n) is 21.4. The van der Waals surface area contributed by atoms with Crippen molar-refractivity contribution >= 4 is 109 Å². The number of hydrogen-bond donors (Lipinski definition) is 0. The zero-order chi connectivity index (χ0) is 81.4. The molecule has 5 aromatic heterocycles. The SMILES string of the molecule is CC1(C)c2ccccc2-n2c3ccc(-c4cc(-c5ccccc5)cc(-c5ccccc5)c4)cc3c3cccc1c32.CC1(C)c2ccccc2-n2c3ccc(-c4ccc5c(c4)c4ccccc4n5-c4ccccc4)cc3c3cccc1c32.CC1(C)c2ccccc2-n2c3ccc(-c4ccc5c6ccccc6n(-c6ccccc6)c5c4)cc3c3cccc1c32. The van der Waals surface area contributed by atoms with Crippen LogP contribution in [0, 0.1) is 0 Å². The van der Waals surface area contributed by atoms with Crippen molar-refractivity contribution in [1.82, 2.24) is 22.8 Å². The van der Waals surface area contributed by atoms with Gasteiger partial charge in [0.25, 0.3) is 0 Å². The molecule has 3 aliphatic heterocycles. The lowest BCUT2D eigenvalue weighted by atomic mass is 9.75. The van der Waals surface area contributed by atoms with Crippen LogP contribution in [0.1, 0.15) is 74.9 Å². The molecule has 0 aliphatic carbocycles. The first kappa shape index (κ1) is 71.1. The van der Waals surface area contributed by atoms with E-state index >= 15 is 0 Å². The molecule has 0 N–H and O–H groups in total. The molecule has 0 bridgehead atoms. The van der Waals surface area contributed by atoms with Gasteiger partial charge in [0.1, 0.15) is 0 Å². The molecule has 0 unspecified atom stereocenters. The lowest BCUT2D eigenvalue weighted by Crippen LogP contribution is -2.26. The minimum Gasteiger partial charge on any atom is -0.309 e. The van der Waals surface area contributed by atoms with E-state index in [0.717, 1.165) is 0 Å². The molecule has 5 nitrogen and oxygen atoms in total. The molecule has 0 spiro atoms. The quantitative estimate of drug-likeness (QED) is 0.152. The summed E-state index contributed by atoms with van der Waals surface area (Å²) >= 11 is 0. The molecule has 5 heteroatoms. The van der Waals surface area contributed by atoms with Gasteiger partial charge in [-0.2, -0.15) is 0 Å². The number of benzene rings is 18. The zero-order valence-electron chi connectivity index (χ0n) is 68.9. The van der Waals surface area contributed by atoms with Crippen LogP contribution in [-0.2, 0) is 16.2 Å². The van der Waals surface area contributed by atoms with Crippen molar-refractivity contribution in [3.8, 4) is 84.1 Å². The molecule has 578 valence electrons. The number of para-hydroxylation sites is 10. The molecular weight excluding hydrogens is 1480 g/mol. The van der Waals surface area contributed by atoms with Crippen LogP contribution in [0.15, 0.2) is 406 Å². The number of nitrogens with zero attached hydrogens (tertiary/aromatic N) is 5. The van der Waals surface area contributed by atoms with E-state index < -0.39 is 0 Å². The molecule has 23 aromatic rings. The highest BCUT2D eigenvalue weighted by Crippen LogP contribution is 2.53. The Morgan fingerprint density at radius 3 is 0.795 bits per heavy atom. The Bertz CT molecular complexity index is 8200. The van der Waals surface area contributed by atoms with Gasteiger partial charge in [-0.25, -0.2) is 0 Å². The summed E-state index contributed by atoms with van der Waals surface area (Å²) in [7, 11) is 0. The molecule has 3 aliphatic rings. The Labute approximate surface area is 708 Å². The second kappa shape index (κ2) is 27.0. The summed E-state index contributed by atoms with van der Waals surface area (Å²) < 4.78 is 12.2. The fraction of sp³-hybridized carbons (Fsp3) is 0.0769. The van der Waals surface area contributed by atoms with Gasteiger partial charge in [0, 0.05) is 81.5 Å². The van der Waals surface area contributed by atoms with Crippen molar-refractivity contribution in [1.29, 1.82) is 0 Å². The van der Waals surface area contributed by atoms with Gasteiger partial charge in [-0.05, 0) is 216 Å². The number of hydrogen-bond acceptors (Lipinski definition) is 0. The molecule has 26 rings (SSSR count). The van der Waals surface area contributed by atoms with E-state index in [0.29, 0.717) is 0 Å². The maximum absolute atomic E-state index is 2.49. The summed E-state index contributed by atoms with van der Waals surface area (Å²) in [5.41, 5.74) is 39.4. The maximum atomic E-state index is 2.49. The van der Waals surface area contributed by atoms with E-state index in [2.05, 4.69) is 471 Å². The van der Waals surface area contributed by atoms with Crippen LogP contribution >= 0.6 is 0 Å². The second-order valence-electron chi connectivity index (χ2n) is 35.1. The van der Waals surface area contributed by atoms with Crippen LogP contribution in [0.4, 0.5) is 0 Å². The molecule has 8 heterocycles. The molecule has 0 fully saturated rings. The van der Waals surface area contributed by atoms with Gasteiger partial charge in [0.15, 0.2) is 0 Å². The van der Waals surface area contributed by atoms with Gasteiger partial charge in [0.05, 0.1) is 72.2 Å². The van der Waals surface area contributed by atoms with Crippen LogP contribution < -0.4 is 0 Å². The predicted molar refractivity (Wildman–Crippen MR) is 515 cm³/mol. The molecule has 0 saturated heterocycles. The highest BCUT2D eigenvalue weighted by molar-refractivity contribution is 6.17. The summed E-state index contributed by atoms with van der Waals surface area (Å²) in [5.74, 6) is 0. The van der Waals surface area contributed by atoms with Crippen molar-refractivity contribution in [3.05, 3.63) is 440 Å². The average Bonchev–Trinajstić information content (AvgIpc) is 1.53. The molecule has 0 saturated carbocycles. The summed E-state index contributed by atoms with van der Waals surface area (Å²) in [5, 5.41) is 13.0. The first-order chi connectivity index (χ1) is 59.8. The van der Waals surface area contributed by atoms with Gasteiger partial charge in [-0.1, -0.05) is 321 Å². The Balaban J connectivity index is 0.000000103. The topological polar surface area (TPSA) is 24.6 Å². The van der Waals surface area contributed by atoms with Crippen LogP contribution in [0.5, 0.6) is 0 Å². The Morgan fingerprint density at radius 2 is 0.402 bits per heavy atom. The smallest absolute Gasteiger partial charge is 0.0582 e. The Hall–Kier alpha value is -15.0.